The van der Waals surface area contributed by atoms with Crippen LogP contribution in [0.2, 0.25) is 0 Å². The second-order valence-electron chi connectivity index (χ2n) is 20.5. The summed E-state index contributed by atoms with van der Waals surface area (Å²) in [6.45, 7) is 11.9. The number of benzene rings is 4. The number of rotatable bonds is 13. The first-order valence-electron chi connectivity index (χ1n) is 24.0. The Morgan fingerprint density at radius 1 is 0.597 bits per heavy atom. The number of hydrogen-bond donors (Lipinski definition) is 5. The van der Waals surface area contributed by atoms with E-state index in [1.165, 1.54) is 13.8 Å². The SMILES string of the molecule is C.C.C[C@@H](OC[C@@]1(c2ccccc2)CC[C@H](N)CN1)c1cc(C(F)(F)F)cc(C(F)(F)F)c1.C[C@@H](OC[C@@]1(c2ccccc2)CC[C@H](NC(=O)C(C)(C)NC(=O)OC(C)(C)C)CN1)c1cc(C(F)(F)F)cc(C(F)(F)F)c1. The lowest BCUT2D eigenvalue weighted by molar-refractivity contribution is -0.145. The standard InChI is InChI=1S/C31H39F6N3O4.C22H24F6N2O.2CH4/c1-19(20-14-22(30(32,33)34)16-23(15-20)31(35,36)37)43-18-29(21-10-8-7-9-11-21)13-12-24(17-38-29)39-25(41)28(5,6)40-26(42)44-27(2,3)4;1-14(15-9-17(21(23,24)25)11-18(10-15)22(26,27)28)31-13-20(8-7-19(29)12-30-20)16-5-3-2-4-6-16;;/h7-11,14-16,19,24,38H,12-13,17-18H2,1-6H3,(H,39,41)(H,40,42);2-6,9-11,14,19,30H,7-8,12-13,29H2,1H3;2*1H4/t19-,24+,29-;14-,19+,20-;;/m11../s1. The Morgan fingerprint density at radius 2 is 0.961 bits per heavy atom. The van der Waals surface area contributed by atoms with E-state index in [-0.39, 0.29) is 70.0 Å². The van der Waals surface area contributed by atoms with E-state index < -0.39 is 93.4 Å². The minimum atomic E-state index is -4.97. The van der Waals surface area contributed by atoms with E-state index in [1.54, 1.807) is 34.6 Å². The van der Waals surface area contributed by atoms with Crippen LogP contribution in [0.1, 0.15) is 146 Å². The third kappa shape index (κ3) is 18.3. The molecule has 2 saturated heterocycles. The number of carbonyl (C=O) groups excluding carboxylic acids is 2. The minimum Gasteiger partial charge on any atom is -0.444 e. The first-order chi connectivity index (χ1) is 34.5. The predicted molar refractivity (Wildman–Crippen MR) is 269 cm³/mol. The van der Waals surface area contributed by atoms with Crippen molar-refractivity contribution in [3.63, 3.8) is 0 Å². The number of piperidine rings is 2. The van der Waals surface area contributed by atoms with Crippen molar-refractivity contribution >= 4 is 12.0 Å². The summed E-state index contributed by atoms with van der Waals surface area (Å²) in [5.74, 6) is -0.433. The third-order valence-electron chi connectivity index (χ3n) is 12.9. The molecule has 2 fully saturated rings. The van der Waals surface area contributed by atoms with Crippen LogP contribution in [0.5, 0.6) is 0 Å². The average molecular weight is 1110 g/mol. The molecule has 22 heteroatoms. The summed E-state index contributed by atoms with van der Waals surface area (Å²) in [5, 5.41) is 12.2. The normalized spacial score (nSPS) is 21.2. The van der Waals surface area contributed by atoms with Crippen molar-refractivity contribution in [1.82, 2.24) is 21.3 Å². The Labute approximate surface area is 442 Å². The summed E-state index contributed by atoms with van der Waals surface area (Å²) in [6, 6.07) is 21.1. The fourth-order valence-corrected chi connectivity index (χ4v) is 8.56. The number of halogens is 12. The van der Waals surface area contributed by atoms with E-state index >= 15 is 0 Å². The number of alkyl carbamates (subject to hydrolysis) is 1. The maximum atomic E-state index is 13.4. The minimum absolute atomic E-state index is 0. The fraction of sp³-hybridized carbons (Fsp3) is 0.527. The quantitative estimate of drug-likeness (QED) is 0.0836. The van der Waals surface area contributed by atoms with E-state index in [0.29, 0.717) is 56.5 Å². The number of amides is 2. The molecule has 430 valence electrons. The maximum Gasteiger partial charge on any atom is 0.416 e. The van der Waals surface area contributed by atoms with Gasteiger partial charge in [0.1, 0.15) is 11.1 Å². The second kappa shape index (κ2) is 25.6. The highest BCUT2D eigenvalue weighted by atomic mass is 19.4. The monoisotopic (exact) mass is 1110 g/mol. The molecule has 6 atom stereocenters. The van der Waals surface area contributed by atoms with Gasteiger partial charge in [0.15, 0.2) is 0 Å². The van der Waals surface area contributed by atoms with Crippen LogP contribution >= 0.6 is 0 Å². The van der Waals surface area contributed by atoms with Crippen molar-refractivity contribution in [2.24, 2.45) is 5.73 Å². The van der Waals surface area contributed by atoms with Crippen LogP contribution < -0.4 is 27.0 Å². The van der Waals surface area contributed by atoms with Crippen LogP contribution in [0.25, 0.3) is 0 Å². The van der Waals surface area contributed by atoms with Crippen LogP contribution in [0, 0.1) is 0 Å². The number of carbonyl (C=O) groups is 2. The van der Waals surface area contributed by atoms with E-state index in [0.717, 1.165) is 11.1 Å². The molecule has 0 radical (unpaired) electrons. The zero-order valence-electron chi connectivity index (χ0n) is 42.4. The van der Waals surface area contributed by atoms with E-state index in [9.17, 15) is 62.3 Å². The maximum absolute atomic E-state index is 13.4. The molecular formula is C55H71F12N5O5. The van der Waals surface area contributed by atoms with Gasteiger partial charge >= 0.3 is 30.8 Å². The molecule has 6 N–H and O–H groups in total. The largest absolute Gasteiger partial charge is 0.444 e. The molecule has 0 spiro atoms. The van der Waals surface area contributed by atoms with Crippen LogP contribution in [0.3, 0.4) is 0 Å². The Morgan fingerprint density at radius 3 is 1.27 bits per heavy atom. The lowest BCUT2D eigenvalue weighted by atomic mass is 9.81. The molecule has 0 saturated carbocycles. The molecule has 6 rings (SSSR count). The van der Waals surface area contributed by atoms with Gasteiger partial charge in [0.2, 0.25) is 5.91 Å². The van der Waals surface area contributed by atoms with Gasteiger partial charge in [-0.3, -0.25) is 4.79 Å². The van der Waals surface area contributed by atoms with Gasteiger partial charge in [-0.05, 0) is 133 Å². The van der Waals surface area contributed by atoms with Crippen molar-refractivity contribution < 1.29 is 76.5 Å². The van der Waals surface area contributed by atoms with E-state index in [2.05, 4.69) is 21.3 Å². The summed E-state index contributed by atoms with van der Waals surface area (Å²) < 4.78 is 177. The van der Waals surface area contributed by atoms with Gasteiger partial charge in [-0.25, -0.2) is 4.79 Å². The molecule has 4 aromatic carbocycles. The number of hydrogen-bond acceptors (Lipinski definition) is 8. The van der Waals surface area contributed by atoms with E-state index in [1.807, 2.05) is 60.7 Å². The smallest absolute Gasteiger partial charge is 0.416 e. The highest BCUT2D eigenvalue weighted by Crippen LogP contribution is 2.41. The van der Waals surface area contributed by atoms with Gasteiger partial charge in [0, 0.05) is 25.2 Å². The summed E-state index contributed by atoms with van der Waals surface area (Å²) in [5.41, 5.74) is -1.74. The molecule has 0 bridgehead atoms. The molecule has 2 heterocycles. The van der Waals surface area contributed by atoms with Gasteiger partial charge in [0.05, 0.1) is 58.8 Å². The summed E-state index contributed by atoms with van der Waals surface area (Å²) in [6.07, 6.45) is -20.3. The Bertz CT molecular complexity index is 2450. The lowest BCUT2D eigenvalue weighted by Gasteiger charge is -2.43. The molecule has 2 aliphatic heterocycles. The molecule has 0 unspecified atom stereocenters. The zero-order chi connectivity index (χ0) is 56.0. The number of alkyl halides is 12. The predicted octanol–water partition coefficient (Wildman–Crippen LogP) is 13.5. The van der Waals surface area contributed by atoms with Crippen LogP contribution in [-0.4, -0.2) is 61.5 Å². The average Bonchev–Trinajstić information content (AvgIpc) is 3.32. The number of nitrogens with two attached hydrogens (primary N) is 1. The Kier molecular flexibility index (Phi) is 21.9. The second-order valence-corrected chi connectivity index (χ2v) is 20.5. The summed E-state index contributed by atoms with van der Waals surface area (Å²) in [4.78, 5) is 25.3. The van der Waals surface area contributed by atoms with Gasteiger partial charge < -0.3 is 41.2 Å². The fourth-order valence-electron chi connectivity index (χ4n) is 8.56. The lowest BCUT2D eigenvalue weighted by Crippen LogP contribution is -2.61. The van der Waals surface area contributed by atoms with Gasteiger partial charge in [0.25, 0.3) is 0 Å². The first kappa shape index (κ1) is 65.9. The first-order valence-corrected chi connectivity index (χ1v) is 24.0. The van der Waals surface area contributed by atoms with Crippen molar-refractivity contribution in [3.05, 3.63) is 142 Å². The van der Waals surface area contributed by atoms with Crippen molar-refractivity contribution in [2.45, 2.75) is 160 Å². The van der Waals surface area contributed by atoms with Crippen LogP contribution in [0.4, 0.5) is 57.5 Å². The van der Waals surface area contributed by atoms with Gasteiger partial charge in [-0.15, -0.1) is 0 Å². The Hall–Kier alpha value is -5.42. The molecule has 10 nitrogen and oxygen atoms in total. The van der Waals surface area contributed by atoms with E-state index in [4.69, 9.17) is 19.9 Å². The molecule has 2 aliphatic rings. The van der Waals surface area contributed by atoms with Crippen molar-refractivity contribution in [3.8, 4) is 0 Å². The molecule has 77 heavy (non-hydrogen) atoms. The van der Waals surface area contributed by atoms with Gasteiger partial charge in [-0.1, -0.05) is 75.5 Å². The van der Waals surface area contributed by atoms with Crippen molar-refractivity contribution in [2.75, 3.05) is 26.3 Å². The summed E-state index contributed by atoms with van der Waals surface area (Å²) in [7, 11) is 0. The third-order valence-corrected chi connectivity index (χ3v) is 12.9. The van der Waals surface area contributed by atoms with Gasteiger partial charge in [-0.2, -0.15) is 52.7 Å². The summed E-state index contributed by atoms with van der Waals surface area (Å²) >= 11 is 0. The highest BCUT2D eigenvalue weighted by molar-refractivity contribution is 5.89. The molecule has 0 aliphatic carbocycles. The molecule has 2 amide bonds. The zero-order valence-corrected chi connectivity index (χ0v) is 42.4. The molecule has 4 aromatic rings. The topological polar surface area (TPSA) is 136 Å². The molecular weight excluding hydrogens is 1040 g/mol. The van der Waals surface area contributed by atoms with Crippen LogP contribution in [0.15, 0.2) is 97.1 Å². The number of nitrogens with one attached hydrogen (secondary N) is 4. The highest BCUT2D eigenvalue weighted by Gasteiger charge is 2.43. The van der Waals surface area contributed by atoms with Crippen molar-refractivity contribution in [1.29, 1.82) is 0 Å². The molecule has 0 aromatic heterocycles. The Balaban J connectivity index is 0.000000417. The van der Waals surface area contributed by atoms with Crippen LogP contribution in [-0.2, 0) is 54.8 Å². The number of ether oxygens (including phenoxy) is 3.